The molecule has 0 radical (unpaired) electrons. The second-order valence-corrected chi connectivity index (χ2v) is 5.35. The van der Waals surface area contributed by atoms with E-state index in [2.05, 4.69) is 19.9 Å². The molecule has 3 aromatic heterocycles. The molecule has 0 amide bonds. The van der Waals surface area contributed by atoms with E-state index in [-0.39, 0.29) is 11.7 Å². The van der Waals surface area contributed by atoms with E-state index in [9.17, 15) is 5.11 Å². The lowest BCUT2D eigenvalue weighted by molar-refractivity contribution is 0.485. The van der Waals surface area contributed by atoms with Crippen molar-refractivity contribution in [1.82, 2.24) is 19.9 Å². The Hall–Kier alpha value is -2.48. The fourth-order valence-electron chi connectivity index (χ4n) is 1.75. The maximum Gasteiger partial charge on any atom is 0.230 e. The van der Waals surface area contributed by atoms with Gasteiger partial charge in [0.1, 0.15) is 15.5 Å². The second-order valence-electron chi connectivity index (χ2n) is 4.35. The first-order valence-electron chi connectivity index (χ1n) is 5.82. The van der Waals surface area contributed by atoms with Crippen LogP contribution >= 0.6 is 11.3 Å². The van der Waals surface area contributed by atoms with E-state index < -0.39 is 0 Å². The molecule has 0 aliphatic carbocycles. The summed E-state index contributed by atoms with van der Waals surface area (Å²) in [4.78, 5) is 19.6. The Morgan fingerprint density at radius 1 is 1.25 bits per heavy atom. The molecule has 0 aliphatic heterocycles. The van der Waals surface area contributed by atoms with Crippen LogP contribution in [0.5, 0.6) is 5.75 Å². The molecule has 0 saturated carbocycles. The van der Waals surface area contributed by atoms with Crippen LogP contribution in [-0.2, 0) is 0 Å². The number of thiophene rings is 1. The molecule has 3 rings (SSSR count). The van der Waals surface area contributed by atoms with Gasteiger partial charge in [0.25, 0.3) is 0 Å². The zero-order valence-electron chi connectivity index (χ0n) is 10.9. The topological polar surface area (TPSA) is 101 Å². The number of fused-ring (bicyclic) bond motifs is 1. The molecule has 0 atom stereocenters. The van der Waals surface area contributed by atoms with Crippen LogP contribution in [0, 0.1) is 0 Å². The summed E-state index contributed by atoms with van der Waals surface area (Å²) in [5.74, 6) is 1.02. The van der Waals surface area contributed by atoms with Crippen LogP contribution in [0.2, 0.25) is 0 Å². The highest BCUT2D eigenvalue weighted by Crippen LogP contribution is 2.41. The van der Waals surface area contributed by atoms with Crippen molar-refractivity contribution in [1.29, 1.82) is 0 Å². The molecule has 7 nitrogen and oxygen atoms in total. The number of nitrogen functional groups attached to an aromatic ring is 1. The quantitative estimate of drug-likeness (QED) is 0.736. The highest BCUT2D eigenvalue weighted by molar-refractivity contribution is 7.22. The summed E-state index contributed by atoms with van der Waals surface area (Å²) in [6.07, 6.45) is 1.68. The molecule has 8 heteroatoms. The zero-order valence-corrected chi connectivity index (χ0v) is 11.7. The van der Waals surface area contributed by atoms with Crippen LogP contribution in [0.25, 0.3) is 20.9 Å². The van der Waals surface area contributed by atoms with E-state index in [1.54, 1.807) is 23.2 Å². The van der Waals surface area contributed by atoms with Crippen molar-refractivity contribution in [2.45, 2.75) is 0 Å². The van der Waals surface area contributed by atoms with Gasteiger partial charge in [0.2, 0.25) is 11.9 Å². The van der Waals surface area contributed by atoms with E-state index >= 15 is 0 Å². The number of rotatable bonds is 2. The smallest absolute Gasteiger partial charge is 0.230 e. The Labute approximate surface area is 118 Å². The first-order valence-corrected chi connectivity index (χ1v) is 6.63. The molecular weight excluding hydrogens is 276 g/mol. The fraction of sp³-hybridized carbons (Fsp3) is 0.167. The molecule has 0 aromatic carbocycles. The van der Waals surface area contributed by atoms with E-state index in [1.807, 2.05) is 14.1 Å². The summed E-state index contributed by atoms with van der Waals surface area (Å²) >= 11 is 1.32. The van der Waals surface area contributed by atoms with E-state index in [0.717, 1.165) is 4.83 Å². The molecule has 3 aromatic rings. The van der Waals surface area contributed by atoms with Crippen LogP contribution in [0.15, 0.2) is 18.3 Å². The van der Waals surface area contributed by atoms with Crippen molar-refractivity contribution >= 4 is 33.5 Å². The van der Waals surface area contributed by atoms with Crippen LogP contribution < -0.4 is 10.6 Å². The number of pyridine rings is 1. The van der Waals surface area contributed by atoms with Gasteiger partial charge in [-0.25, -0.2) is 4.98 Å². The second kappa shape index (κ2) is 4.57. The number of aromatic hydroxyl groups is 1. The zero-order chi connectivity index (χ0) is 14.3. The summed E-state index contributed by atoms with van der Waals surface area (Å²) in [5.41, 5.74) is 5.70. The molecule has 0 aliphatic rings. The van der Waals surface area contributed by atoms with Gasteiger partial charge in [-0.1, -0.05) is 0 Å². The average molecular weight is 288 g/mol. The third-order valence-corrected chi connectivity index (χ3v) is 3.78. The van der Waals surface area contributed by atoms with Gasteiger partial charge in [-0.05, 0) is 12.1 Å². The van der Waals surface area contributed by atoms with Gasteiger partial charge in [-0.3, -0.25) is 0 Å². The van der Waals surface area contributed by atoms with Gasteiger partial charge in [0.05, 0.1) is 5.39 Å². The summed E-state index contributed by atoms with van der Waals surface area (Å²) in [7, 11) is 3.62. The fourth-order valence-corrected chi connectivity index (χ4v) is 2.72. The number of aromatic nitrogens is 4. The molecule has 0 fully saturated rings. The summed E-state index contributed by atoms with van der Waals surface area (Å²) in [6, 6.07) is 3.57. The first-order chi connectivity index (χ1) is 9.56. The third kappa shape index (κ3) is 1.99. The Morgan fingerprint density at radius 2 is 2.05 bits per heavy atom. The van der Waals surface area contributed by atoms with Crippen LogP contribution in [0.1, 0.15) is 0 Å². The molecule has 0 bridgehead atoms. The minimum Gasteiger partial charge on any atom is -0.506 e. The Morgan fingerprint density at radius 3 is 2.75 bits per heavy atom. The molecule has 3 N–H and O–H groups in total. The maximum absolute atomic E-state index is 10.3. The number of hydrogen-bond donors (Lipinski definition) is 2. The number of hydrogen-bond acceptors (Lipinski definition) is 8. The SMILES string of the molecule is CN(C)c1nc(N)nc(-c2sc3ncccc3c2O)n1. The Kier molecular flexibility index (Phi) is 2.87. The standard InChI is InChI=1S/C12H12N6OS/c1-18(2)12-16-9(15-11(13)17-12)8-7(19)6-4-3-5-14-10(6)20-8/h3-5,19H,1-2H3,(H2,13,15,16,17). The average Bonchev–Trinajstić information content (AvgIpc) is 2.76. The lowest BCUT2D eigenvalue weighted by atomic mass is 10.3. The van der Waals surface area contributed by atoms with Crippen molar-refractivity contribution in [3.63, 3.8) is 0 Å². The van der Waals surface area contributed by atoms with Crippen molar-refractivity contribution < 1.29 is 5.11 Å². The Balaban J connectivity index is 2.22. The normalized spacial score (nSPS) is 10.9. The molecule has 3 heterocycles. The maximum atomic E-state index is 10.3. The highest BCUT2D eigenvalue weighted by atomic mass is 32.1. The molecule has 0 unspecified atom stereocenters. The van der Waals surface area contributed by atoms with Crippen molar-refractivity contribution in [3.05, 3.63) is 18.3 Å². The van der Waals surface area contributed by atoms with Gasteiger partial charge in [-0.15, -0.1) is 11.3 Å². The lowest BCUT2D eigenvalue weighted by Crippen LogP contribution is -2.15. The van der Waals surface area contributed by atoms with Gasteiger partial charge >= 0.3 is 0 Å². The van der Waals surface area contributed by atoms with Gasteiger partial charge in [-0.2, -0.15) is 15.0 Å². The van der Waals surface area contributed by atoms with E-state index in [0.29, 0.717) is 22.0 Å². The highest BCUT2D eigenvalue weighted by Gasteiger charge is 2.17. The van der Waals surface area contributed by atoms with Gasteiger partial charge < -0.3 is 15.7 Å². The summed E-state index contributed by atoms with van der Waals surface area (Å²) in [5, 5.41) is 11.0. The molecule has 20 heavy (non-hydrogen) atoms. The number of nitrogens with zero attached hydrogens (tertiary/aromatic N) is 5. The molecule has 0 saturated heterocycles. The lowest BCUT2D eigenvalue weighted by Gasteiger charge is -2.10. The summed E-state index contributed by atoms with van der Waals surface area (Å²) in [6.45, 7) is 0. The Bertz CT molecular complexity index is 785. The van der Waals surface area contributed by atoms with Crippen molar-refractivity contribution in [2.24, 2.45) is 0 Å². The molecular formula is C12H12N6OS. The molecule has 0 spiro atoms. The van der Waals surface area contributed by atoms with Gasteiger partial charge in [0, 0.05) is 20.3 Å². The monoisotopic (exact) mass is 288 g/mol. The van der Waals surface area contributed by atoms with Crippen LogP contribution in [0.4, 0.5) is 11.9 Å². The van der Waals surface area contributed by atoms with Crippen molar-refractivity contribution in [2.75, 3.05) is 24.7 Å². The van der Waals surface area contributed by atoms with Crippen LogP contribution in [-0.4, -0.2) is 39.1 Å². The predicted molar refractivity (Wildman–Crippen MR) is 78.8 cm³/mol. The molecule has 102 valence electrons. The third-order valence-electron chi connectivity index (χ3n) is 2.68. The predicted octanol–water partition coefficient (Wildman–Crippen LogP) is 1.50. The first kappa shape index (κ1) is 12.5. The van der Waals surface area contributed by atoms with Gasteiger partial charge in [0.15, 0.2) is 5.82 Å². The van der Waals surface area contributed by atoms with Crippen LogP contribution in [0.3, 0.4) is 0 Å². The van der Waals surface area contributed by atoms with E-state index in [4.69, 9.17) is 5.73 Å². The van der Waals surface area contributed by atoms with E-state index in [1.165, 1.54) is 11.3 Å². The number of anilines is 2. The largest absolute Gasteiger partial charge is 0.506 e. The minimum atomic E-state index is 0.114. The minimum absolute atomic E-state index is 0.114. The number of nitrogens with two attached hydrogens (primary N) is 1. The van der Waals surface area contributed by atoms with Crippen molar-refractivity contribution in [3.8, 4) is 16.5 Å². The summed E-state index contributed by atoms with van der Waals surface area (Å²) < 4.78 is 0.